The van der Waals surface area contributed by atoms with Gasteiger partial charge in [-0.05, 0) is 17.9 Å². The lowest BCUT2D eigenvalue weighted by Crippen LogP contribution is -2.42. The summed E-state index contributed by atoms with van der Waals surface area (Å²) in [5.74, 6) is 0.967. The molecule has 1 fully saturated rings. The highest BCUT2D eigenvalue weighted by molar-refractivity contribution is 5.92. The number of anilines is 1. The van der Waals surface area contributed by atoms with Crippen LogP contribution < -0.4 is 4.90 Å². The Balaban J connectivity index is 2.04. The molecule has 0 spiro atoms. The van der Waals surface area contributed by atoms with Gasteiger partial charge in [-0.25, -0.2) is 4.98 Å². The molecule has 106 valence electrons. The molecule has 2 aromatic rings. The monoisotopic (exact) mass is 272 g/mol. The third-order valence-electron chi connectivity index (χ3n) is 3.83. The van der Waals surface area contributed by atoms with E-state index in [1.165, 1.54) is 0 Å². The van der Waals surface area contributed by atoms with Crippen LogP contribution in [0, 0.1) is 0 Å². The maximum absolute atomic E-state index is 9.41. The number of ether oxygens (including phenoxy) is 1. The second-order valence-corrected chi connectivity index (χ2v) is 5.16. The Morgan fingerprint density at radius 3 is 3.05 bits per heavy atom. The summed E-state index contributed by atoms with van der Waals surface area (Å²) in [5, 5.41) is 11.7. The minimum Gasteiger partial charge on any atom is -0.390 e. The highest BCUT2D eigenvalue weighted by atomic mass is 16.5. The molecule has 1 saturated heterocycles. The molecule has 0 saturated carbocycles. The van der Waals surface area contributed by atoms with Gasteiger partial charge in [0.05, 0.1) is 25.0 Å². The highest BCUT2D eigenvalue weighted by Crippen LogP contribution is 2.27. The average molecular weight is 272 g/mol. The van der Waals surface area contributed by atoms with E-state index in [1.54, 1.807) is 0 Å². The second-order valence-electron chi connectivity index (χ2n) is 5.16. The van der Waals surface area contributed by atoms with Crippen LogP contribution in [-0.2, 0) is 11.3 Å². The zero-order chi connectivity index (χ0) is 13.9. The van der Waals surface area contributed by atoms with Crippen LogP contribution in [0.5, 0.6) is 0 Å². The normalized spacial score (nSPS) is 19.5. The number of nitrogens with zero attached hydrogens (tertiary/aromatic N) is 2. The van der Waals surface area contributed by atoms with E-state index in [4.69, 9.17) is 4.74 Å². The third kappa shape index (κ3) is 2.49. The number of fused-ring (bicyclic) bond motifs is 1. The molecule has 0 radical (unpaired) electrons. The zero-order valence-corrected chi connectivity index (χ0v) is 11.7. The van der Waals surface area contributed by atoms with Crippen molar-refractivity contribution in [2.24, 2.45) is 0 Å². The number of rotatable bonds is 3. The molecule has 20 heavy (non-hydrogen) atoms. The van der Waals surface area contributed by atoms with Crippen molar-refractivity contribution in [1.82, 2.24) is 4.98 Å². The summed E-state index contributed by atoms with van der Waals surface area (Å²) in [4.78, 5) is 6.91. The van der Waals surface area contributed by atoms with E-state index in [0.717, 1.165) is 48.4 Å². The molecule has 1 N–H and O–H groups in total. The Kier molecular flexibility index (Phi) is 3.85. The van der Waals surface area contributed by atoms with Gasteiger partial charge >= 0.3 is 0 Å². The Labute approximate surface area is 119 Å². The molecule has 1 unspecified atom stereocenters. The number of hydrogen-bond donors (Lipinski definition) is 1. The lowest BCUT2D eigenvalue weighted by atomic mass is 10.1. The van der Waals surface area contributed by atoms with Gasteiger partial charge in [0.2, 0.25) is 0 Å². The van der Waals surface area contributed by atoms with Crippen LogP contribution in [0.3, 0.4) is 0 Å². The molecule has 4 heteroatoms. The van der Waals surface area contributed by atoms with Gasteiger partial charge in [0.15, 0.2) is 0 Å². The summed E-state index contributed by atoms with van der Waals surface area (Å²) in [5.41, 5.74) is 0.721. The fraction of sp³-hybridized carbons (Fsp3) is 0.438. The van der Waals surface area contributed by atoms with Crippen LogP contribution in [0.15, 0.2) is 30.3 Å². The minimum absolute atomic E-state index is 0.0284. The van der Waals surface area contributed by atoms with Gasteiger partial charge in [-0.1, -0.05) is 31.2 Å². The van der Waals surface area contributed by atoms with Crippen molar-refractivity contribution in [3.63, 3.8) is 0 Å². The number of hydrogen-bond acceptors (Lipinski definition) is 4. The first-order chi connectivity index (χ1) is 9.81. The fourth-order valence-electron chi connectivity index (χ4n) is 2.72. The summed E-state index contributed by atoms with van der Waals surface area (Å²) in [6.45, 7) is 4.56. The summed E-state index contributed by atoms with van der Waals surface area (Å²) in [6.07, 6.45) is 1.27. The summed E-state index contributed by atoms with van der Waals surface area (Å²) < 4.78 is 5.73. The fourth-order valence-corrected chi connectivity index (χ4v) is 2.72. The van der Waals surface area contributed by atoms with E-state index < -0.39 is 0 Å². The molecular formula is C16H20N2O2. The quantitative estimate of drug-likeness (QED) is 0.931. The van der Waals surface area contributed by atoms with E-state index >= 15 is 0 Å². The number of pyridine rings is 1. The first-order valence-corrected chi connectivity index (χ1v) is 7.18. The van der Waals surface area contributed by atoms with Gasteiger partial charge in [0, 0.05) is 18.5 Å². The molecule has 3 rings (SSSR count). The van der Waals surface area contributed by atoms with Crippen LogP contribution in [0.4, 0.5) is 5.82 Å². The van der Waals surface area contributed by atoms with Crippen LogP contribution in [0.25, 0.3) is 10.8 Å². The van der Waals surface area contributed by atoms with Crippen molar-refractivity contribution in [1.29, 1.82) is 0 Å². The molecule has 1 aromatic carbocycles. The van der Waals surface area contributed by atoms with Crippen LogP contribution in [0.2, 0.25) is 0 Å². The van der Waals surface area contributed by atoms with Crippen molar-refractivity contribution in [2.75, 3.05) is 24.6 Å². The molecule has 0 aliphatic carbocycles. The van der Waals surface area contributed by atoms with E-state index in [-0.39, 0.29) is 12.7 Å². The Morgan fingerprint density at radius 1 is 1.40 bits per heavy atom. The number of benzene rings is 1. The minimum atomic E-state index is -0.0284. The number of aliphatic hydroxyl groups excluding tert-OH is 1. The molecular weight excluding hydrogens is 252 g/mol. The Hall–Kier alpha value is -1.65. The third-order valence-corrected chi connectivity index (χ3v) is 3.83. The Morgan fingerprint density at radius 2 is 2.25 bits per heavy atom. The van der Waals surface area contributed by atoms with Gasteiger partial charge in [0.1, 0.15) is 5.82 Å². The maximum Gasteiger partial charge on any atom is 0.137 e. The molecule has 1 aliphatic heterocycles. The first kappa shape index (κ1) is 13.3. The standard InChI is InChI=1S/C16H20N2O2/c1-2-14-10-18(7-8-20-14)16-15-6-4-3-5-12(15)9-13(11-19)17-16/h3-6,9,14,19H,2,7-8,10-11H2,1H3. The maximum atomic E-state index is 9.41. The van der Waals surface area contributed by atoms with Crippen molar-refractivity contribution >= 4 is 16.6 Å². The predicted octanol–water partition coefficient (Wildman–Crippen LogP) is 2.34. The van der Waals surface area contributed by atoms with Crippen molar-refractivity contribution in [3.05, 3.63) is 36.0 Å². The van der Waals surface area contributed by atoms with Gasteiger partial charge in [-0.3, -0.25) is 0 Å². The molecule has 2 heterocycles. The Bertz CT molecular complexity index is 600. The molecule has 0 bridgehead atoms. The number of morpholine rings is 1. The van der Waals surface area contributed by atoms with E-state index in [0.29, 0.717) is 0 Å². The molecule has 1 atom stereocenters. The topological polar surface area (TPSA) is 45.6 Å². The summed E-state index contributed by atoms with van der Waals surface area (Å²) in [7, 11) is 0. The van der Waals surface area contributed by atoms with Gasteiger partial charge in [0.25, 0.3) is 0 Å². The van der Waals surface area contributed by atoms with Gasteiger partial charge in [-0.2, -0.15) is 0 Å². The van der Waals surface area contributed by atoms with Crippen LogP contribution >= 0.6 is 0 Å². The van der Waals surface area contributed by atoms with Crippen molar-refractivity contribution in [2.45, 2.75) is 26.1 Å². The molecule has 4 nitrogen and oxygen atoms in total. The van der Waals surface area contributed by atoms with Crippen LogP contribution in [0.1, 0.15) is 19.0 Å². The van der Waals surface area contributed by atoms with Crippen molar-refractivity contribution in [3.8, 4) is 0 Å². The highest BCUT2D eigenvalue weighted by Gasteiger charge is 2.21. The molecule has 1 aromatic heterocycles. The van der Waals surface area contributed by atoms with Gasteiger partial charge < -0.3 is 14.7 Å². The van der Waals surface area contributed by atoms with Crippen molar-refractivity contribution < 1.29 is 9.84 Å². The van der Waals surface area contributed by atoms with Crippen LogP contribution in [-0.4, -0.2) is 35.9 Å². The first-order valence-electron chi connectivity index (χ1n) is 7.18. The van der Waals surface area contributed by atoms with E-state index in [1.807, 2.05) is 18.2 Å². The summed E-state index contributed by atoms with van der Waals surface area (Å²) in [6, 6.07) is 10.2. The lowest BCUT2D eigenvalue weighted by molar-refractivity contribution is 0.0382. The largest absolute Gasteiger partial charge is 0.390 e. The number of aromatic nitrogens is 1. The predicted molar refractivity (Wildman–Crippen MR) is 79.9 cm³/mol. The average Bonchev–Trinajstić information content (AvgIpc) is 2.53. The van der Waals surface area contributed by atoms with Gasteiger partial charge in [-0.15, -0.1) is 0 Å². The van der Waals surface area contributed by atoms with E-state index in [2.05, 4.69) is 28.9 Å². The number of aliphatic hydroxyl groups is 1. The zero-order valence-electron chi connectivity index (χ0n) is 11.7. The lowest BCUT2D eigenvalue weighted by Gasteiger charge is -2.34. The SMILES string of the molecule is CCC1CN(c2nc(CO)cc3ccccc23)CCO1. The molecule has 0 amide bonds. The summed E-state index contributed by atoms with van der Waals surface area (Å²) >= 11 is 0. The second kappa shape index (κ2) is 5.77. The smallest absolute Gasteiger partial charge is 0.137 e. The van der Waals surface area contributed by atoms with E-state index in [9.17, 15) is 5.11 Å². The molecule has 1 aliphatic rings.